The summed E-state index contributed by atoms with van der Waals surface area (Å²) < 4.78 is 5.21. The number of nitrogens with one attached hydrogen (secondary N) is 2. The Morgan fingerprint density at radius 1 is 1.52 bits per heavy atom. The molecule has 1 atom stereocenters. The average Bonchev–Trinajstić information content (AvgIpc) is 3.25. The van der Waals surface area contributed by atoms with Crippen LogP contribution in [-0.4, -0.2) is 31.3 Å². The van der Waals surface area contributed by atoms with Gasteiger partial charge in [-0.1, -0.05) is 6.42 Å². The third kappa shape index (κ3) is 4.23. The Hall–Kier alpha value is -1.14. The van der Waals surface area contributed by atoms with Gasteiger partial charge in [-0.2, -0.15) is 0 Å². The van der Waals surface area contributed by atoms with E-state index in [-0.39, 0.29) is 17.5 Å². The zero-order chi connectivity index (χ0) is 16.3. The molecule has 2 fully saturated rings. The molecule has 5 nitrogen and oxygen atoms in total. The van der Waals surface area contributed by atoms with Crippen LogP contribution in [-0.2, 0) is 4.74 Å². The smallest absolute Gasteiger partial charge is 0.315 e. The van der Waals surface area contributed by atoms with E-state index >= 15 is 0 Å². The number of nitrogens with zero attached hydrogens (tertiary/aromatic N) is 1. The minimum absolute atomic E-state index is 0.0570. The first kappa shape index (κ1) is 16.7. The van der Waals surface area contributed by atoms with E-state index in [2.05, 4.69) is 21.0 Å². The van der Waals surface area contributed by atoms with E-state index in [0.717, 1.165) is 30.3 Å². The molecule has 0 unspecified atom stereocenters. The molecule has 2 aliphatic rings. The molecule has 2 saturated carbocycles. The molecular formula is C17H27N3O2S. The fourth-order valence-corrected chi connectivity index (χ4v) is 4.24. The molecule has 1 heterocycles. The average molecular weight is 337 g/mol. The Balaban J connectivity index is 1.51. The number of rotatable bonds is 8. The second kappa shape index (κ2) is 7.18. The van der Waals surface area contributed by atoms with Crippen molar-refractivity contribution < 1.29 is 9.53 Å². The predicted octanol–water partition coefficient (Wildman–Crippen LogP) is 3.41. The van der Waals surface area contributed by atoms with Gasteiger partial charge in [0, 0.05) is 31.3 Å². The molecule has 23 heavy (non-hydrogen) atoms. The first-order chi connectivity index (χ1) is 11.1. The van der Waals surface area contributed by atoms with Gasteiger partial charge in [-0.25, -0.2) is 9.78 Å². The predicted molar refractivity (Wildman–Crippen MR) is 91.6 cm³/mol. The normalized spacial score (nSPS) is 20.6. The van der Waals surface area contributed by atoms with E-state index in [1.807, 2.05) is 6.92 Å². The number of methoxy groups -OCH3 is 1. The molecular weight excluding hydrogens is 310 g/mol. The van der Waals surface area contributed by atoms with Crippen molar-refractivity contribution >= 4 is 17.4 Å². The third-order valence-corrected chi connectivity index (χ3v) is 6.20. The zero-order valence-corrected chi connectivity index (χ0v) is 14.9. The Morgan fingerprint density at radius 3 is 2.83 bits per heavy atom. The van der Waals surface area contributed by atoms with Crippen LogP contribution in [0.2, 0.25) is 0 Å². The van der Waals surface area contributed by atoms with E-state index < -0.39 is 0 Å². The topological polar surface area (TPSA) is 63.2 Å². The summed E-state index contributed by atoms with van der Waals surface area (Å²) in [6.07, 6.45) is 7.03. The van der Waals surface area contributed by atoms with Crippen LogP contribution in [0.5, 0.6) is 0 Å². The summed E-state index contributed by atoms with van der Waals surface area (Å²) in [4.78, 5) is 16.9. The maximum absolute atomic E-state index is 12.3. The van der Waals surface area contributed by atoms with Gasteiger partial charge in [0.2, 0.25) is 0 Å². The Kier molecular flexibility index (Phi) is 5.21. The van der Waals surface area contributed by atoms with E-state index in [9.17, 15) is 4.79 Å². The number of amides is 2. The molecule has 2 aliphatic carbocycles. The van der Waals surface area contributed by atoms with Gasteiger partial charge >= 0.3 is 6.03 Å². The summed E-state index contributed by atoms with van der Waals surface area (Å²) in [5, 5.41) is 9.34. The lowest BCUT2D eigenvalue weighted by Gasteiger charge is -2.42. The number of thiazole rings is 1. The molecule has 0 radical (unpaired) electrons. The molecule has 1 aromatic heterocycles. The number of hydrogen-bond donors (Lipinski definition) is 2. The maximum atomic E-state index is 12.3. The minimum atomic E-state index is -0.0570. The van der Waals surface area contributed by atoms with Crippen LogP contribution in [0.15, 0.2) is 5.38 Å². The van der Waals surface area contributed by atoms with Crippen LogP contribution in [0.4, 0.5) is 4.79 Å². The second-order valence-electron chi connectivity index (χ2n) is 7.07. The van der Waals surface area contributed by atoms with E-state index in [4.69, 9.17) is 4.74 Å². The number of hydrogen-bond acceptors (Lipinski definition) is 4. The summed E-state index contributed by atoms with van der Waals surface area (Å²) in [5.41, 5.74) is 1.28. The van der Waals surface area contributed by atoms with Crippen LogP contribution >= 0.6 is 11.3 Å². The highest BCUT2D eigenvalue weighted by atomic mass is 32.1. The van der Waals surface area contributed by atoms with Crippen molar-refractivity contribution in [1.82, 2.24) is 15.6 Å². The first-order valence-corrected chi connectivity index (χ1v) is 9.45. The lowest BCUT2D eigenvalue weighted by Crippen LogP contribution is -2.47. The lowest BCUT2D eigenvalue weighted by molar-refractivity contribution is 0.0710. The van der Waals surface area contributed by atoms with E-state index in [1.165, 1.54) is 32.1 Å². The Morgan fingerprint density at radius 2 is 2.30 bits per heavy atom. The van der Waals surface area contributed by atoms with Gasteiger partial charge in [0.05, 0.1) is 6.04 Å². The largest absolute Gasteiger partial charge is 0.385 e. The number of ether oxygens (including phenoxy) is 1. The highest BCUT2D eigenvalue weighted by Crippen LogP contribution is 2.44. The van der Waals surface area contributed by atoms with Crippen molar-refractivity contribution in [3.8, 4) is 0 Å². The van der Waals surface area contributed by atoms with Gasteiger partial charge < -0.3 is 15.4 Å². The summed E-state index contributed by atoms with van der Waals surface area (Å²) in [5.74, 6) is 0.553. The Bertz CT molecular complexity index is 538. The summed E-state index contributed by atoms with van der Waals surface area (Å²) in [6.45, 7) is 3.52. The molecule has 0 aromatic carbocycles. The number of aromatic nitrogens is 1. The molecule has 128 valence electrons. The molecule has 2 N–H and O–H groups in total. The quantitative estimate of drug-likeness (QED) is 0.764. The molecule has 0 saturated heterocycles. The molecule has 2 amide bonds. The fourth-order valence-electron chi connectivity index (χ4n) is 3.30. The van der Waals surface area contributed by atoms with Crippen molar-refractivity contribution in [2.75, 3.05) is 20.3 Å². The maximum Gasteiger partial charge on any atom is 0.315 e. The van der Waals surface area contributed by atoms with E-state index in [0.29, 0.717) is 5.92 Å². The number of carbonyl (C=O) groups excluding carboxylic acids is 1. The Labute approximate surface area is 142 Å². The summed E-state index contributed by atoms with van der Waals surface area (Å²) >= 11 is 1.65. The van der Waals surface area contributed by atoms with Crippen molar-refractivity contribution in [2.45, 2.75) is 51.5 Å². The van der Waals surface area contributed by atoms with Crippen molar-refractivity contribution in [3.63, 3.8) is 0 Å². The van der Waals surface area contributed by atoms with Crippen molar-refractivity contribution in [1.29, 1.82) is 0 Å². The number of aryl methyl sites for hydroxylation is 1. The molecule has 3 rings (SSSR count). The molecule has 0 spiro atoms. The minimum Gasteiger partial charge on any atom is -0.385 e. The van der Waals surface area contributed by atoms with Gasteiger partial charge in [-0.05, 0) is 50.4 Å². The second-order valence-corrected chi connectivity index (χ2v) is 7.96. The summed E-state index contributed by atoms with van der Waals surface area (Å²) in [7, 11) is 1.74. The van der Waals surface area contributed by atoms with Crippen molar-refractivity contribution in [3.05, 3.63) is 16.1 Å². The van der Waals surface area contributed by atoms with Gasteiger partial charge in [-0.15, -0.1) is 11.3 Å². The van der Waals surface area contributed by atoms with E-state index in [1.54, 1.807) is 18.4 Å². The highest BCUT2D eigenvalue weighted by Gasteiger charge is 2.38. The fraction of sp³-hybridized carbons (Fsp3) is 0.765. The van der Waals surface area contributed by atoms with Gasteiger partial charge in [0.1, 0.15) is 5.01 Å². The summed E-state index contributed by atoms with van der Waals surface area (Å²) in [6, 6.07) is 0.0171. The highest BCUT2D eigenvalue weighted by molar-refractivity contribution is 7.09. The number of urea groups is 1. The molecule has 0 aliphatic heterocycles. The first-order valence-electron chi connectivity index (χ1n) is 8.57. The SMILES string of the molecule is COCCC1(CNC(=O)N[C@H](c2nc(C)cs2)C2CC2)CCC1. The van der Waals surface area contributed by atoms with Gasteiger partial charge in [-0.3, -0.25) is 0 Å². The van der Waals surface area contributed by atoms with Crippen LogP contribution in [0, 0.1) is 18.3 Å². The monoisotopic (exact) mass is 337 g/mol. The van der Waals surface area contributed by atoms with Gasteiger partial charge in [0.15, 0.2) is 0 Å². The molecule has 1 aromatic rings. The van der Waals surface area contributed by atoms with Crippen LogP contribution < -0.4 is 10.6 Å². The molecule has 6 heteroatoms. The lowest BCUT2D eigenvalue weighted by atomic mass is 9.67. The van der Waals surface area contributed by atoms with Crippen LogP contribution in [0.25, 0.3) is 0 Å². The number of carbonyl (C=O) groups is 1. The standard InChI is InChI=1S/C17H27N3O2S/c1-12-10-23-15(19-12)14(13-4-5-13)20-16(21)18-11-17(6-3-7-17)8-9-22-2/h10,13-14H,3-9,11H2,1-2H3,(H2,18,20,21)/t14-/m0/s1. The van der Waals surface area contributed by atoms with Crippen LogP contribution in [0.1, 0.15) is 55.3 Å². The van der Waals surface area contributed by atoms with Crippen LogP contribution in [0.3, 0.4) is 0 Å². The molecule has 0 bridgehead atoms. The zero-order valence-electron chi connectivity index (χ0n) is 14.1. The van der Waals surface area contributed by atoms with Gasteiger partial charge in [0.25, 0.3) is 0 Å². The van der Waals surface area contributed by atoms with Crippen molar-refractivity contribution in [2.24, 2.45) is 11.3 Å². The third-order valence-electron chi connectivity index (χ3n) is 5.16.